The van der Waals surface area contributed by atoms with Crippen molar-refractivity contribution >= 4 is 41.4 Å². The van der Waals surface area contributed by atoms with Gasteiger partial charge in [-0.25, -0.2) is 4.79 Å². The van der Waals surface area contributed by atoms with Gasteiger partial charge >= 0.3 is 11.9 Å². The fraction of sp³-hybridized carbons (Fsp3) is 0.750. The number of amides is 3. The van der Waals surface area contributed by atoms with Gasteiger partial charge in [0.1, 0.15) is 18.1 Å². The van der Waals surface area contributed by atoms with E-state index in [0.29, 0.717) is 31.4 Å². The lowest BCUT2D eigenvalue weighted by molar-refractivity contribution is -0.147. The Kier molecular flexibility index (Phi) is 11.5. The third kappa shape index (κ3) is 7.97. The quantitative estimate of drug-likeness (QED) is 0.238. The standard InChI is InChI=1S/C20H34N4O7S/c1-4-11(2)16(20(30)31)23-18(28)14-6-5-8-24(14)19(29)13(10-15(25)26)22-17(27)12(21)7-9-32-3/h11-14,16H,4-10,21H2,1-3H3,(H,22,27)(H,23,28)(H,25,26)(H,30,31). The number of nitrogens with two attached hydrogens (primary N) is 1. The van der Waals surface area contributed by atoms with Gasteiger partial charge in [0.25, 0.3) is 0 Å². The number of thioether (sulfide) groups is 1. The predicted octanol–water partition coefficient (Wildman–Crippen LogP) is -0.367. The van der Waals surface area contributed by atoms with Crippen LogP contribution in [0.5, 0.6) is 0 Å². The van der Waals surface area contributed by atoms with Gasteiger partial charge in [-0.2, -0.15) is 11.8 Å². The Labute approximate surface area is 191 Å². The SMILES string of the molecule is CCC(C)C(NC(=O)C1CCCN1C(=O)C(CC(=O)O)NC(=O)C(N)CCSC)C(=O)O. The van der Waals surface area contributed by atoms with Gasteiger partial charge in [-0.05, 0) is 37.2 Å². The molecule has 1 aliphatic rings. The number of hydrogen-bond donors (Lipinski definition) is 5. The van der Waals surface area contributed by atoms with Crippen LogP contribution in [0, 0.1) is 5.92 Å². The van der Waals surface area contributed by atoms with Crippen LogP contribution < -0.4 is 16.4 Å². The number of nitrogens with one attached hydrogen (secondary N) is 2. The zero-order valence-corrected chi connectivity index (χ0v) is 19.5. The molecule has 182 valence electrons. The lowest BCUT2D eigenvalue weighted by Gasteiger charge is -2.30. The molecule has 1 aliphatic heterocycles. The molecule has 0 radical (unpaired) electrons. The molecule has 1 heterocycles. The average molecular weight is 475 g/mol. The van der Waals surface area contributed by atoms with Crippen molar-refractivity contribution in [1.29, 1.82) is 0 Å². The minimum atomic E-state index is -1.38. The number of aliphatic carboxylic acids is 2. The summed E-state index contributed by atoms with van der Waals surface area (Å²) in [6.45, 7) is 3.71. The predicted molar refractivity (Wildman–Crippen MR) is 119 cm³/mol. The van der Waals surface area contributed by atoms with Crippen LogP contribution in [-0.2, 0) is 24.0 Å². The maximum absolute atomic E-state index is 13.1. The van der Waals surface area contributed by atoms with Crippen molar-refractivity contribution in [3.63, 3.8) is 0 Å². The molecule has 11 nitrogen and oxygen atoms in total. The van der Waals surface area contributed by atoms with E-state index in [1.54, 1.807) is 13.8 Å². The van der Waals surface area contributed by atoms with E-state index in [0.717, 1.165) is 0 Å². The molecule has 1 rings (SSSR count). The number of carbonyl (C=O) groups is 5. The topological polar surface area (TPSA) is 179 Å². The second-order valence-electron chi connectivity index (χ2n) is 7.95. The maximum atomic E-state index is 13.1. The van der Waals surface area contributed by atoms with Crippen LogP contribution in [0.15, 0.2) is 0 Å². The molecular weight excluding hydrogens is 440 g/mol. The van der Waals surface area contributed by atoms with Gasteiger partial charge in [0, 0.05) is 6.54 Å². The van der Waals surface area contributed by atoms with Gasteiger partial charge in [-0.1, -0.05) is 20.3 Å². The highest BCUT2D eigenvalue weighted by Crippen LogP contribution is 2.20. The smallest absolute Gasteiger partial charge is 0.326 e. The third-order valence-corrected chi connectivity index (χ3v) is 6.22. The van der Waals surface area contributed by atoms with Crippen molar-refractivity contribution in [2.75, 3.05) is 18.6 Å². The fourth-order valence-corrected chi connectivity index (χ4v) is 3.95. The van der Waals surface area contributed by atoms with Crippen molar-refractivity contribution in [3.05, 3.63) is 0 Å². The van der Waals surface area contributed by atoms with Crippen LogP contribution in [0.2, 0.25) is 0 Å². The summed E-state index contributed by atoms with van der Waals surface area (Å²) in [6, 6.07) is -4.31. The van der Waals surface area contributed by atoms with E-state index in [-0.39, 0.29) is 12.5 Å². The van der Waals surface area contributed by atoms with Crippen LogP contribution in [0.3, 0.4) is 0 Å². The van der Waals surface area contributed by atoms with E-state index in [1.807, 2.05) is 6.26 Å². The summed E-state index contributed by atoms with van der Waals surface area (Å²) in [4.78, 5) is 62.3. The summed E-state index contributed by atoms with van der Waals surface area (Å²) in [6.07, 6.45) is 2.90. The molecule has 1 saturated heterocycles. The van der Waals surface area contributed by atoms with Gasteiger partial charge in [0.2, 0.25) is 17.7 Å². The second kappa shape index (κ2) is 13.3. The Morgan fingerprint density at radius 2 is 1.84 bits per heavy atom. The monoisotopic (exact) mass is 474 g/mol. The number of carboxylic acid groups (broad SMARTS) is 2. The first-order valence-corrected chi connectivity index (χ1v) is 12.0. The Morgan fingerprint density at radius 3 is 2.38 bits per heavy atom. The first-order chi connectivity index (χ1) is 15.0. The molecular formula is C20H34N4O7S. The van der Waals surface area contributed by atoms with E-state index in [2.05, 4.69) is 10.6 Å². The Balaban J connectivity index is 2.95. The van der Waals surface area contributed by atoms with Gasteiger partial charge in [-0.15, -0.1) is 0 Å². The van der Waals surface area contributed by atoms with Gasteiger partial charge in [0.15, 0.2) is 0 Å². The molecule has 6 N–H and O–H groups in total. The lowest BCUT2D eigenvalue weighted by atomic mass is 9.98. The van der Waals surface area contributed by atoms with Gasteiger partial charge < -0.3 is 31.5 Å². The highest BCUT2D eigenvalue weighted by atomic mass is 32.2. The van der Waals surface area contributed by atoms with Crippen molar-refractivity contribution in [2.45, 2.75) is 70.1 Å². The van der Waals surface area contributed by atoms with E-state index >= 15 is 0 Å². The zero-order valence-electron chi connectivity index (χ0n) is 18.7. The Hall–Kier alpha value is -2.34. The number of hydrogen-bond acceptors (Lipinski definition) is 7. The molecule has 1 fully saturated rings. The molecule has 0 aromatic rings. The molecule has 0 aromatic heterocycles. The first-order valence-electron chi connectivity index (χ1n) is 10.6. The number of carboxylic acids is 2. The van der Waals surface area contributed by atoms with E-state index in [4.69, 9.17) is 5.73 Å². The largest absolute Gasteiger partial charge is 0.481 e. The Morgan fingerprint density at radius 1 is 1.19 bits per heavy atom. The van der Waals surface area contributed by atoms with Crippen molar-refractivity contribution in [1.82, 2.24) is 15.5 Å². The summed E-state index contributed by atoms with van der Waals surface area (Å²) in [5, 5.41) is 23.5. The Bertz CT molecular complexity index is 705. The number of carbonyl (C=O) groups excluding carboxylic acids is 3. The third-order valence-electron chi connectivity index (χ3n) is 5.58. The average Bonchev–Trinajstić information content (AvgIpc) is 3.23. The lowest BCUT2D eigenvalue weighted by Crippen LogP contribution is -2.57. The zero-order chi connectivity index (χ0) is 24.4. The van der Waals surface area contributed by atoms with E-state index in [1.165, 1.54) is 16.7 Å². The van der Waals surface area contributed by atoms with Gasteiger partial charge in [0.05, 0.1) is 12.5 Å². The molecule has 5 atom stereocenters. The summed E-state index contributed by atoms with van der Waals surface area (Å²) in [5.74, 6) is -4.10. The molecule has 0 saturated carbocycles. The fourth-order valence-electron chi connectivity index (χ4n) is 3.47. The highest BCUT2D eigenvalue weighted by molar-refractivity contribution is 7.98. The molecule has 32 heavy (non-hydrogen) atoms. The summed E-state index contributed by atoms with van der Waals surface area (Å²) in [7, 11) is 0. The van der Waals surface area contributed by atoms with E-state index in [9.17, 15) is 34.2 Å². The van der Waals surface area contributed by atoms with Crippen molar-refractivity contribution < 1.29 is 34.2 Å². The summed E-state index contributed by atoms with van der Waals surface area (Å²) in [5.41, 5.74) is 5.82. The van der Waals surface area contributed by atoms with E-state index < -0.39 is 60.2 Å². The van der Waals surface area contributed by atoms with Crippen molar-refractivity contribution in [3.8, 4) is 0 Å². The number of rotatable bonds is 13. The molecule has 5 unspecified atom stereocenters. The van der Waals surface area contributed by atoms with Crippen LogP contribution >= 0.6 is 11.8 Å². The van der Waals surface area contributed by atoms with Crippen LogP contribution in [0.25, 0.3) is 0 Å². The number of likely N-dealkylation sites (tertiary alicyclic amines) is 1. The molecule has 3 amide bonds. The normalized spacial score (nSPS) is 19.5. The van der Waals surface area contributed by atoms with Gasteiger partial charge in [-0.3, -0.25) is 19.2 Å². The maximum Gasteiger partial charge on any atom is 0.326 e. The second-order valence-corrected chi connectivity index (χ2v) is 8.93. The minimum absolute atomic E-state index is 0.197. The summed E-state index contributed by atoms with van der Waals surface area (Å²) < 4.78 is 0. The van der Waals surface area contributed by atoms with Crippen LogP contribution in [0.4, 0.5) is 0 Å². The molecule has 0 spiro atoms. The molecule has 0 aromatic carbocycles. The highest BCUT2D eigenvalue weighted by Gasteiger charge is 2.40. The molecule has 12 heteroatoms. The van der Waals surface area contributed by atoms with Crippen molar-refractivity contribution in [2.24, 2.45) is 11.7 Å². The minimum Gasteiger partial charge on any atom is -0.481 e. The van der Waals surface area contributed by atoms with Crippen LogP contribution in [-0.4, -0.2) is 87.5 Å². The number of nitrogens with zero attached hydrogens (tertiary/aromatic N) is 1. The first kappa shape index (κ1) is 27.7. The molecule has 0 aliphatic carbocycles. The molecule has 0 bridgehead atoms. The summed E-state index contributed by atoms with van der Waals surface area (Å²) >= 11 is 1.50. The van der Waals surface area contributed by atoms with Crippen LogP contribution in [0.1, 0.15) is 46.0 Å².